The van der Waals surface area contributed by atoms with Crippen LogP contribution in [0.1, 0.15) is 42.1 Å². The first-order valence-electron chi connectivity index (χ1n) is 11.6. The molecule has 31 heavy (non-hydrogen) atoms. The van der Waals surface area contributed by atoms with E-state index < -0.39 is 0 Å². The summed E-state index contributed by atoms with van der Waals surface area (Å²) in [6, 6.07) is 16.9. The fourth-order valence-corrected chi connectivity index (χ4v) is 4.66. The van der Waals surface area contributed by atoms with Gasteiger partial charge in [0.1, 0.15) is 18.5 Å². The van der Waals surface area contributed by atoms with Crippen LogP contribution in [0.2, 0.25) is 0 Å². The number of piperidine rings is 1. The Labute approximate surface area is 186 Å². The van der Waals surface area contributed by atoms with Crippen molar-refractivity contribution in [1.29, 1.82) is 0 Å². The molecule has 0 aliphatic carbocycles. The Kier molecular flexibility index (Phi) is 7.25. The van der Waals surface area contributed by atoms with Crippen molar-refractivity contribution >= 4 is 5.91 Å². The van der Waals surface area contributed by atoms with Crippen LogP contribution in [0.3, 0.4) is 0 Å². The van der Waals surface area contributed by atoms with Crippen LogP contribution in [0.4, 0.5) is 0 Å². The first-order valence-corrected chi connectivity index (χ1v) is 11.6. The number of carbonyl (C=O) groups is 1. The second-order valence-corrected chi connectivity index (χ2v) is 8.93. The summed E-state index contributed by atoms with van der Waals surface area (Å²) >= 11 is 0. The molecule has 2 aliphatic heterocycles. The number of hydrogen-bond donors (Lipinski definition) is 0. The highest BCUT2D eigenvalue weighted by Gasteiger charge is 2.36. The topological polar surface area (TPSA) is 36.0 Å². The van der Waals surface area contributed by atoms with Crippen molar-refractivity contribution in [3.63, 3.8) is 0 Å². The number of rotatable bonds is 8. The van der Waals surface area contributed by atoms with Gasteiger partial charge in [0.25, 0.3) is 0 Å². The molecule has 2 fully saturated rings. The van der Waals surface area contributed by atoms with Crippen LogP contribution in [0.15, 0.2) is 48.5 Å². The predicted octanol–water partition coefficient (Wildman–Crippen LogP) is 3.88. The third-order valence-electron chi connectivity index (χ3n) is 6.48. The second-order valence-electron chi connectivity index (χ2n) is 8.93. The number of hydrogen-bond acceptors (Lipinski definition) is 4. The molecule has 0 radical (unpaired) electrons. The SMILES string of the molecule is Cc1ccc(CCN2C(=O)CN(C)C2c2ccc(OCCN3CCCCC3)cc2)cc1. The Bertz CT molecular complexity index is 844. The van der Waals surface area contributed by atoms with Crippen LogP contribution in [-0.2, 0) is 11.2 Å². The van der Waals surface area contributed by atoms with Crippen LogP contribution >= 0.6 is 0 Å². The Hall–Kier alpha value is -2.37. The van der Waals surface area contributed by atoms with Crippen molar-refractivity contribution in [2.24, 2.45) is 0 Å². The maximum atomic E-state index is 12.7. The molecule has 1 atom stereocenters. The summed E-state index contributed by atoms with van der Waals surface area (Å²) in [4.78, 5) is 19.3. The van der Waals surface area contributed by atoms with E-state index in [9.17, 15) is 4.79 Å². The monoisotopic (exact) mass is 421 g/mol. The zero-order valence-corrected chi connectivity index (χ0v) is 18.9. The summed E-state index contributed by atoms with van der Waals surface area (Å²) in [6.45, 7) is 7.40. The van der Waals surface area contributed by atoms with Crippen LogP contribution in [-0.4, -0.2) is 67.0 Å². The Morgan fingerprint density at radius 2 is 1.65 bits per heavy atom. The number of likely N-dealkylation sites (tertiary alicyclic amines) is 1. The third kappa shape index (κ3) is 5.66. The number of carbonyl (C=O) groups excluding carboxylic acids is 1. The summed E-state index contributed by atoms with van der Waals surface area (Å²) in [5.74, 6) is 1.10. The minimum absolute atomic E-state index is 0.0136. The van der Waals surface area contributed by atoms with Gasteiger partial charge in [-0.3, -0.25) is 14.6 Å². The van der Waals surface area contributed by atoms with Crippen molar-refractivity contribution in [2.45, 2.75) is 38.8 Å². The van der Waals surface area contributed by atoms with Crippen molar-refractivity contribution in [3.8, 4) is 5.75 Å². The molecule has 5 nitrogen and oxygen atoms in total. The molecule has 2 aliphatic rings. The fraction of sp³-hybridized carbons (Fsp3) is 0.500. The van der Waals surface area contributed by atoms with E-state index in [0.717, 1.165) is 37.4 Å². The Balaban J connectivity index is 1.34. The highest BCUT2D eigenvalue weighted by molar-refractivity contribution is 5.81. The largest absolute Gasteiger partial charge is 0.492 e. The zero-order valence-electron chi connectivity index (χ0n) is 18.9. The van der Waals surface area contributed by atoms with Gasteiger partial charge in [-0.2, -0.15) is 0 Å². The summed E-state index contributed by atoms with van der Waals surface area (Å²) in [5, 5.41) is 0. The van der Waals surface area contributed by atoms with E-state index in [1.54, 1.807) is 0 Å². The minimum Gasteiger partial charge on any atom is -0.492 e. The Morgan fingerprint density at radius 3 is 2.35 bits per heavy atom. The summed E-state index contributed by atoms with van der Waals surface area (Å²) in [6.07, 6.45) is 4.83. The van der Waals surface area contributed by atoms with E-state index >= 15 is 0 Å². The second kappa shape index (κ2) is 10.3. The smallest absolute Gasteiger partial charge is 0.238 e. The molecule has 0 N–H and O–H groups in total. The van der Waals surface area contributed by atoms with Crippen LogP contribution in [0, 0.1) is 6.92 Å². The van der Waals surface area contributed by atoms with E-state index in [1.807, 2.05) is 24.1 Å². The molecule has 4 rings (SSSR count). The van der Waals surface area contributed by atoms with Gasteiger partial charge < -0.3 is 9.64 Å². The van der Waals surface area contributed by atoms with E-state index in [2.05, 4.69) is 53.1 Å². The lowest BCUT2D eigenvalue weighted by atomic mass is 10.1. The quantitative estimate of drug-likeness (QED) is 0.648. The van der Waals surface area contributed by atoms with Crippen LogP contribution in [0.5, 0.6) is 5.75 Å². The highest BCUT2D eigenvalue weighted by Crippen LogP contribution is 2.30. The third-order valence-corrected chi connectivity index (χ3v) is 6.48. The number of benzene rings is 2. The fourth-order valence-electron chi connectivity index (χ4n) is 4.66. The molecule has 0 saturated carbocycles. The molecule has 1 amide bonds. The first-order chi connectivity index (χ1) is 15.1. The average Bonchev–Trinajstić information content (AvgIpc) is 3.07. The van der Waals surface area contributed by atoms with Gasteiger partial charge in [-0.05, 0) is 69.6 Å². The van der Waals surface area contributed by atoms with Crippen molar-refractivity contribution in [2.75, 3.05) is 46.4 Å². The van der Waals surface area contributed by atoms with E-state index in [0.29, 0.717) is 6.54 Å². The summed E-state index contributed by atoms with van der Waals surface area (Å²) in [5.41, 5.74) is 3.67. The summed E-state index contributed by atoms with van der Waals surface area (Å²) in [7, 11) is 2.03. The highest BCUT2D eigenvalue weighted by atomic mass is 16.5. The summed E-state index contributed by atoms with van der Waals surface area (Å²) < 4.78 is 5.98. The van der Waals surface area contributed by atoms with Crippen molar-refractivity contribution in [1.82, 2.24) is 14.7 Å². The molecule has 2 saturated heterocycles. The van der Waals surface area contributed by atoms with Gasteiger partial charge in [0.05, 0.1) is 6.54 Å². The molecular formula is C26H35N3O2. The zero-order chi connectivity index (χ0) is 21.6. The van der Waals surface area contributed by atoms with Crippen molar-refractivity contribution in [3.05, 3.63) is 65.2 Å². The van der Waals surface area contributed by atoms with Crippen LogP contribution < -0.4 is 4.74 Å². The van der Waals surface area contributed by atoms with Gasteiger partial charge >= 0.3 is 0 Å². The maximum Gasteiger partial charge on any atom is 0.238 e. The van der Waals surface area contributed by atoms with Gasteiger partial charge in [-0.1, -0.05) is 48.4 Å². The molecule has 0 bridgehead atoms. The first kappa shape index (κ1) is 21.8. The number of nitrogens with zero attached hydrogens (tertiary/aromatic N) is 3. The molecule has 2 heterocycles. The van der Waals surface area contributed by atoms with E-state index in [-0.39, 0.29) is 12.1 Å². The van der Waals surface area contributed by atoms with Gasteiger partial charge in [-0.25, -0.2) is 0 Å². The molecule has 0 aromatic heterocycles. The molecule has 5 heteroatoms. The predicted molar refractivity (Wildman–Crippen MR) is 124 cm³/mol. The van der Waals surface area contributed by atoms with Crippen LogP contribution in [0.25, 0.3) is 0 Å². The van der Waals surface area contributed by atoms with Crippen molar-refractivity contribution < 1.29 is 9.53 Å². The lowest BCUT2D eigenvalue weighted by Crippen LogP contribution is -2.33. The standard InChI is InChI=1S/C26H35N3O2/c1-21-6-8-22(9-7-21)14-17-29-25(30)20-27(2)26(29)23-10-12-24(13-11-23)31-19-18-28-15-4-3-5-16-28/h6-13,26H,3-5,14-20H2,1-2H3. The maximum absolute atomic E-state index is 12.7. The average molecular weight is 422 g/mol. The number of likely N-dealkylation sites (N-methyl/N-ethyl adjacent to an activating group) is 1. The van der Waals surface area contributed by atoms with E-state index in [4.69, 9.17) is 4.74 Å². The molecule has 2 aromatic rings. The molecule has 2 aromatic carbocycles. The molecule has 0 spiro atoms. The van der Waals surface area contributed by atoms with Gasteiger partial charge in [0.15, 0.2) is 0 Å². The minimum atomic E-state index is -0.0136. The van der Waals surface area contributed by atoms with Gasteiger partial charge in [0, 0.05) is 13.1 Å². The number of ether oxygens (including phenoxy) is 1. The molecule has 166 valence electrons. The Morgan fingerprint density at radius 1 is 0.935 bits per heavy atom. The lowest BCUT2D eigenvalue weighted by molar-refractivity contribution is -0.128. The number of aryl methyl sites for hydroxylation is 1. The number of amides is 1. The molecular weight excluding hydrogens is 386 g/mol. The van der Waals surface area contributed by atoms with Gasteiger partial charge in [-0.15, -0.1) is 0 Å². The molecule has 1 unspecified atom stereocenters. The van der Waals surface area contributed by atoms with E-state index in [1.165, 1.54) is 43.5 Å². The normalized spacial score (nSPS) is 20.4. The lowest BCUT2D eigenvalue weighted by Gasteiger charge is -2.28. The van der Waals surface area contributed by atoms with Gasteiger partial charge in [0.2, 0.25) is 5.91 Å².